The normalized spacial score (nSPS) is 16.8. The Morgan fingerprint density at radius 1 is 0.963 bits per heavy atom. The van der Waals surface area contributed by atoms with E-state index in [-0.39, 0.29) is 0 Å². The molecule has 4 rings (SSSR count). The number of sulfonamides is 1. The fraction of sp³-hybridized carbons (Fsp3) is 0.350. The molecule has 142 valence electrons. The van der Waals surface area contributed by atoms with Crippen molar-refractivity contribution in [2.45, 2.75) is 25.3 Å². The Hall–Kier alpha value is -2.22. The van der Waals surface area contributed by atoms with Crippen molar-refractivity contribution >= 4 is 15.5 Å². The summed E-state index contributed by atoms with van der Waals surface area (Å²) in [6, 6.07) is 13.4. The van der Waals surface area contributed by atoms with E-state index in [1.54, 1.807) is 16.4 Å². The van der Waals surface area contributed by atoms with Gasteiger partial charge in [-0.15, -0.1) is 0 Å². The van der Waals surface area contributed by atoms with E-state index in [1.165, 1.54) is 0 Å². The molecule has 0 bridgehead atoms. The third kappa shape index (κ3) is 3.63. The summed E-state index contributed by atoms with van der Waals surface area (Å²) in [6.45, 7) is 7.09. The molecule has 3 aromatic rings. The van der Waals surface area contributed by atoms with Gasteiger partial charge in [0.15, 0.2) is 0 Å². The predicted molar refractivity (Wildman–Crippen MR) is 105 cm³/mol. The average molecular weight is 385 g/mol. The highest BCUT2D eigenvalue weighted by Crippen LogP contribution is 2.21. The highest BCUT2D eigenvalue weighted by Gasteiger charge is 2.28. The van der Waals surface area contributed by atoms with Crippen molar-refractivity contribution in [2.24, 2.45) is 0 Å². The van der Waals surface area contributed by atoms with Crippen LogP contribution in [0.2, 0.25) is 0 Å². The number of hydrogen-bond donors (Lipinski definition) is 0. The van der Waals surface area contributed by atoms with Crippen LogP contribution < -0.4 is 0 Å². The molecule has 1 aromatic carbocycles. The maximum atomic E-state index is 12.9. The summed E-state index contributed by atoms with van der Waals surface area (Å²) >= 11 is 0. The van der Waals surface area contributed by atoms with Gasteiger partial charge in [-0.3, -0.25) is 4.90 Å². The van der Waals surface area contributed by atoms with Gasteiger partial charge in [0.1, 0.15) is 0 Å². The molecule has 0 spiro atoms. The Kier molecular flexibility index (Phi) is 4.75. The van der Waals surface area contributed by atoms with Crippen LogP contribution in [0, 0.1) is 13.8 Å². The third-order valence-corrected chi connectivity index (χ3v) is 7.15. The molecule has 0 radical (unpaired) electrons. The van der Waals surface area contributed by atoms with Crippen LogP contribution in [0.5, 0.6) is 0 Å². The summed E-state index contributed by atoms with van der Waals surface area (Å²) in [5.41, 5.74) is 4.18. The highest BCUT2D eigenvalue weighted by molar-refractivity contribution is 7.89. The zero-order valence-electron chi connectivity index (χ0n) is 15.7. The van der Waals surface area contributed by atoms with Crippen LogP contribution in [-0.4, -0.2) is 53.4 Å². The monoisotopic (exact) mass is 384 g/mol. The number of piperazine rings is 1. The van der Waals surface area contributed by atoms with Crippen molar-refractivity contribution in [1.82, 2.24) is 18.8 Å². The molecule has 0 N–H and O–H groups in total. The number of aromatic nitrogens is 2. The zero-order chi connectivity index (χ0) is 19.0. The van der Waals surface area contributed by atoms with Crippen LogP contribution in [0.3, 0.4) is 0 Å². The Labute approximate surface area is 160 Å². The van der Waals surface area contributed by atoms with Gasteiger partial charge in [0.25, 0.3) is 0 Å². The van der Waals surface area contributed by atoms with E-state index in [0.717, 1.165) is 28.9 Å². The lowest BCUT2D eigenvalue weighted by Gasteiger charge is -2.33. The standard InChI is InChI=1S/C20H24N4O2S/c1-16-6-7-20(13-17(16)2)27(25,26)23-11-9-22(10-12-23)15-18-14-19-5-3-4-8-24(19)21-18/h3-8,13-14H,9-12,15H2,1-2H3. The van der Waals surface area contributed by atoms with Gasteiger partial charge >= 0.3 is 0 Å². The predicted octanol–water partition coefficient (Wildman–Crippen LogP) is 2.46. The molecule has 0 unspecified atom stereocenters. The maximum Gasteiger partial charge on any atom is 0.243 e. The van der Waals surface area contributed by atoms with Gasteiger partial charge in [-0.05, 0) is 55.3 Å². The molecule has 1 saturated heterocycles. The second-order valence-corrected chi connectivity index (χ2v) is 9.07. The van der Waals surface area contributed by atoms with Crippen LogP contribution in [-0.2, 0) is 16.6 Å². The number of pyridine rings is 1. The largest absolute Gasteiger partial charge is 0.295 e. The highest BCUT2D eigenvalue weighted by atomic mass is 32.2. The van der Waals surface area contributed by atoms with E-state index in [1.807, 2.05) is 48.8 Å². The minimum atomic E-state index is -3.43. The van der Waals surface area contributed by atoms with Gasteiger partial charge in [-0.2, -0.15) is 9.40 Å². The number of aryl methyl sites for hydroxylation is 2. The number of fused-ring (bicyclic) bond motifs is 1. The molecule has 7 heteroatoms. The molecule has 3 heterocycles. The first-order valence-electron chi connectivity index (χ1n) is 9.16. The molecule has 0 atom stereocenters. The van der Waals surface area contributed by atoms with Crippen LogP contribution in [0.4, 0.5) is 0 Å². The molecular weight excluding hydrogens is 360 g/mol. The van der Waals surface area contributed by atoms with Crippen molar-refractivity contribution in [2.75, 3.05) is 26.2 Å². The van der Waals surface area contributed by atoms with Crippen molar-refractivity contribution < 1.29 is 8.42 Å². The number of nitrogens with zero attached hydrogens (tertiary/aromatic N) is 4. The van der Waals surface area contributed by atoms with Gasteiger partial charge in [-0.25, -0.2) is 12.9 Å². The molecule has 0 aliphatic carbocycles. The van der Waals surface area contributed by atoms with Crippen LogP contribution in [0.25, 0.3) is 5.52 Å². The minimum absolute atomic E-state index is 0.388. The molecule has 0 amide bonds. The summed E-state index contributed by atoms with van der Waals surface area (Å²) in [5, 5.41) is 4.58. The molecule has 27 heavy (non-hydrogen) atoms. The molecule has 2 aromatic heterocycles. The van der Waals surface area contributed by atoms with E-state index in [2.05, 4.69) is 16.1 Å². The lowest BCUT2D eigenvalue weighted by atomic mass is 10.1. The molecule has 0 saturated carbocycles. The molecule has 1 fully saturated rings. The minimum Gasteiger partial charge on any atom is -0.295 e. The van der Waals surface area contributed by atoms with Crippen LogP contribution in [0.1, 0.15) is 16.8 Å². The first-order valence-corrected chi connectivity index (χ1v) is 10.6. The fourth-order valence-electron chi connectivity index (χ4n) is 3.45. The second kappa shape index (κ2) is 7.07. The van der Waals surface area contributed by atoms with Crippen molar-refractivity contribution in [1.29, 1.82) is 0 Å². The molecule has 1 aliphatic heterocycles. The van der Waals surface area contributed by atoms with Gasteiger partial charge in [0, 0.05) is 38.9 Å². The Morgan fingerprint density at radius 2 is 1.74 bits per heavy atom. The summed E-state index contributed by atoms with van der Waals surface area (Å²) in [4.78, 5) is 2.65. The zero-order valence-corrected chi connectivity index (χ0v) is 16.5. The van der Waals surface area contributed by atoms with Crippen LogP contribution >= 0.6 is 0 Å². The van der Waals surface area contributed by atoms with Crippen LogP contribution in [0.15, 0.2) is 53.6 Å². The first-order chi connectivity index (χ1) is 12.9. The average Bonchev–Trinajstić information content (AvgIpc) is 3.06. The molecule has 1 aliphatic rings. The van der Waals surface area contributed by atoms with Crippen molar-refractivity contribution in [3.8, 4) is 0 Å². The smallest absolute Gasteiger partial charge is 0.243 e. The molecular formula is C20H24N4O2S. The number of benzene rings is 1. The number of hydrogen-bond acceptors (Lipinski definition) is 4. The Morgan fingerprint density at radius 3 is 2.44 bits per heavy atom. The van der Waals surface area contributed by atoms with E-state index in [4.69, 9.17) is 0 Å². The van der Waals surface area contributed by atoms with E-state index in [9.17, 15) is 8.42 Å². The SMILES string of the molecule is Cc1ccc(S(=O)(=O)N2CCN(Cc3cc4ccccn4n3)CC2)cc1C. The summed E-state index contributed by atoms with van der Waals surface area (Å²) in [5.74, 6) is 0. The summed E-state index contributed by atoms with van der Waals surface area (Å²) in [7, 11) is -3.43. The third-order valence-electron chi connectivity index (χ3n) is 5.25. The van der Waals surface area contributed by atoms with Crippen molar-refractivity contribution in [3.05, 3.63) is 65.5 Å². The Bertz CT molecular complexity index is 1030. The Balaban J connectivity index is 1.42. The summed E-state index contributed by atoms with van der Waals surface area (Å²) < 4.78 is 29.3. The molecule has 6 nitrogen and oxygen atoms in total. The lowest BCUT2D eigenvalue weighted by Crippen LogP contribution is -2.48. The van der Waals surface area contributed by atoms with E-state index in [0.29, 0.717) is 31.1 Å². The fourth-order valence-corrected chi connectivity index (χ4v) is 4.96. The van der Waals surface area contributed by atoms with E-state index < -0.39 is 10.0 Å². The van der Waals surface area contributed by atoms with Crippen molar-refractivity contribution in [3.63, 3.8) is 0 Å². The lowest BCUT2D eigenvalue weighted by molar-refractivity contribution is 0.180. The maximum absolute atomic E-state index is 12.9. The second-order valence-electron chi connectivity index (χ2n) is 7.13. The van der Waals surface area contributed by atoms with Gasteiger partial charge in [-0.1, -0.05) is 12.1 Å². The summed E-state index contributed by atoms with van der Waals surface area (Å²) in [6.07, 6.45) is 1.94. The topological polar surface area (TPSA) is 57.9 Å². The number of rotatable bonds is 4. The first kappa shape index (κ1) is 18.2. The van der Waals surface area contributed by atoms with Gasteiger partial charge in [0.05, 0.1) is 16.1 Å². The quantitative estimate of drug-likeness (QED) is 0.693. The van der Waals surface area contributed by atoms with Gasteiger partial charge < -0.3 is 0 Å². The van der Waals surface area contributed by atoms with E-state index >= 15 is 0 Å². The van der Waals surface area contributed by atoms with Gasteiger partial charge in [0.2, 0.25) is 10.0 Å².